The minimum absolute atomic E-state index is 0.267. The molecular formula is C12H13ClO2S. The van der Waals surface area contributed by atoms with Crippen LogP contribution in [-0.2, 0) is 10.5 Å². The summed E-state index contributed by atoms with van der Waals surface area (Å²) in [6.07, 6.45) is 2.10. The monoisotopic (exact) mass is 256 g/mol. The molecule has 1 atom stereocenters. The Labute approximate surface area is 104 Å². The Bertz CT molecular complexity index is 390. The number of carboxylic acids is 1. The summed E-state index contributed by atoms with van der Waals surface area (Å²) in [6, 6.07) is 7.59. The Kier molecular flexibility index (Phi) is 3.77. The van der Waals surface area contributed by atoms with E-state index in [4.69, 9.17) is 16.7 Å². The van der Waals surface area contributed by atoms with E-state index in [1.165, 1.54) is 11.8 Å². The zero-order chi connectivity index (χ0) is 11.5. The number of aliphatic carboxylic acids is 1. The lowest BCUT2D eigenvalue weighted by atomic mass is 10.2. The first-order chi connectivity index (χ1) is 7.68. The first kappa shape index (κ1) is 11.8. The number of carboxylic acid groups (broad SMARTS) is 1. The summed E-state index contributed by atoms with van der Waals surface area (Å²) in [5, 5.41) is 9.53. The summed E-state index contributed by atoms with van der Waals surface area (Å²) in [6.45, 7) is 0. The Hall–Kier alpha value is -0.670. The fourth-order valence-corrected chi connectivity index (χ4v) is 3.18. The van der Waals surface area contributed by atoms with E-state index in [0.717, 1.165) is 23.4 Å². The van der Waals surface area contributed by atoms with Crippen LogP contribution in [0.3, 0.4) is 0 Å². The minimum atomic E-state index is -0.695. The van der Waals surface area contributed by atoms with E-state index in [1.54, 1.807) is 0 Å². The molecule has 0 aromatic heterocycles. The van der Waals surface area contributed by atoms with Crippen molar-refractivity contribution < 1.29 is 9.90 Å². The molecule has 1 aromatic rings. The lowest BCUT2D eigenvalue weighted by molar-refractivity contribution is -0.136. The second-order valence-corrected chi connectivity index (χ2v) is 5.54. The molecule has 1 saturated carbocycles. The zero-order valence-electron chi connectivity index (χ0n) is 8.73. The first-order valence-electron chi connectivity index (χ1n) is 5.26. The highest BCUT2D eigenvalue weighted by molar-refractivity contribution is 7.99. The topological polar surface area (TPSA) is 37.3 Å². The Balaban J connectivity index is 1.95. The van der Waals surface area contributed by atoms with E-state index in [0.29, 0.717) is 11.7 Å². The van der Waals surface area contributed by atoms with Crippen molar-refractivity contribution in [1.82, 2.24) is 0 Å². The zero-order valence-corrected chi connectivity index (χ0v) is 10.3. The van der Waals surface area contributed by atoms with Crippen molar-refractivity contribution in [2.24, 2.45) is 5.92 Å². The average molecular weight is 257 g/mol. The summed E-state index contributed by atoms with van der Waals surface area (Å²) < 4.78 is 0. The molecule has 2 nitrogen and oxygen atoms in total. The molecule has 0 bridgehead atoms. The maximum atomic E-state index is 11.0. The molecule has 1 N–H and O–H groups in total. The summed E-state index contributed by atoms with van der Waals surface area (Å²) in [5.41, 5.74) is 1.01. The molecule has 1 fully saturated rings. The molecule has 2 rings (SSSR count). The van der Waals surface area contributed by atoms with Crippen LogP contribution in [0.2, 0.25) is 5.02 Å². The second kappa shape index (κ2) is 5.11. The molecule has 0 spiro atoms. The number of rotatable bonds is 5. The van der Waals surface area contributed by atoms with Gasteiger partial charge in [0.15, 0.2) is 0 Å². The van der Waals surface area contributed by atoms with E-state index < -0.39 is 5.97 Å². The SMILES string of the molecule is O=C(O)C(SCc1ccccc1Cl)C1CC1. The number of benzene rings is 1. The van der Waals surface area contributed by atoms with Gasteiger partial charge in [-0.2, -0.15) is 0 Å². The van der Waals surface area contributed by atoms with Crippen molar-refractivity contribution >= 4 is 29.3 Å². The van der Waals surface area contributed by atoms with Crippen LogP contribution in [0.5, 0.6) is 0 Å². The Morgan fingerprint density at radius 1 is 1.50 bits per heavy atom. The maximum Gasteiger partial charge on any atom is 0.316 e. The lowest BCUT2D eigenvalue weighted by Gasteiger charge is -2.11. The van der Waals surface area contributed by atoms with Crippen molar-refractivity contribution in [3.05, 3.63) is 34.9 Å². The van der Waals surface area contributed by atoms with Crippen LogP contribution < -0.4 is 0 Å². The molecule has 1 aliphatic carbocycles. The molecule has 0 radical (unpaired) electrons. The normalized spacial score (nSPS) is 17.1. The molecular weight excluding hydrogens is 244 g/mol. The third-order valence-electron chi connectivity index (χ3n) is 2.67. The number of hydrogen-bond acceptors (Lipinski definition) is 2. The number of hydrogen-bond donors (Lipinski definition) is 1. The van der Waals surface area contributed by atoms with Crippen molar-refractivity contribution in [1.29, 1.82) is 0 Å². The van der Waals surface area contributed by atoms with E-state index in [2.05, 4.69) is 0 Å². The molecule has 0 heterocycles. The average Bonchev–Trinajstić information content (AvgIpc) is 3.04. The van der Waals surface area contributed by atoms with Crippen molar-refractivity contribution in [2.75, 3.05) is 0 Å². The van der Waals surface area contributed by atoms with E-state index in [1.807, 2.05) is 24.3 Å². The summed E-state index contributed by atoms with van der Waals surface area (Å²) in [5.74, 6) is 0.345. The lowest BCUT2D eigenvalue weighted by Crippen LogP contribution is -2.18. The van der Waals surface area contributed by atoms with Gasteiger partial charge in [0.05, 0.1) is 0 Å². The van der Waals surface area contributed by atoms with Gasteiger partial charge in [-0.3, -0.25) is 4.79 Å². The maximum absolute atomic E-state index is 11.0. The summed E-state index contributed by atoms with van der Waals surface area (Å²) in [4.78, 5) is 11.0. The van der Waals surface area contributed by atoms with Gasteiger partial charge in [0.1, 0.15) is 5.25 Å². The Morgan fingerprint density at radius 3 is 2.75 bits per heavy atom. The number of carbonyl (C=O) groups is 1. The molecule has 1 unspecified atom stereocenters. The van der Waals surface area contributed by atoms with Crippen LogP contribution in [0.1, 0.15) is 18.4 Å². The highest BCUT2D eigenvalue weighted by Gasteiger charge is 2.36. The molecule has 1 aromatic carbocycles. The molecule has 0 saturated heterocycles. The highest BCUT2D eigenvalue weighted by Crippen LogP contribution is 2.40. The molecule has 0 amide bonds. The van der Waals surface area contributed by atoms with Crippen LogP contribution in [0, 0.1) is 5.92 Å². The van der Waals surface area contributed by atoms with Crippen LogP contribution in [-0.4, -0.2) is 16.3 Å². The summed E-state index contributed by atoms with van der Waals surface area (Å²) in [7, 11) is 0. The second-order valence-electron chi connectivity index (χ2n) is 4.00. The van der Waals surface area contributed by atoms with Crippen LogP contribution in [0.25, 0.3) is 0 Å². The van der Waals surface area contributed by atoms with Crippen LogP contribution >= 0.6 is 23.4 Å². The van der Waals surface area contributed by atoms with Crippen molar-refractivity contribution in [2.45, 2.75) is 23.8 Å². The number of thioether (sulfide) groups is 1. The third kappa shape index (κ3) is 2.92. The van der Waals surface area contributed by atoms with Gasteiger partial charge in [-0.1, -0.05) is 29.8 Å². The molecule has 0 aliphatic heterocycles. The fraction of sp³-hybridized carbons (Fsp3) is 0.417. The van der Waals surface area contributed by atoms with E-state index >= 15 is 0 Å². The van der Waals surface area contributed by atoms with Crippen LogP contribution in [0.15, 0.2) is 24.3 Å². The molecule has 4 heteroatoms. The third-order valence-corrected chi connectivity index (χ3v) is 4.46. The van der Waals surface area contributed by atoms with Crippen molar-refractivity contribution in [3.8, 4) is 0 Å². The van der Waals surface area contributed by atoms with Crippen LogP contribution in [0.4, 0.5) is 0 Å². The quantitative estimate of drug-likeness (QED) is 0.877. The van der Waals surface area contributed by atoms with Crippen molar-refractivity contribution in [3.63, 3.8) is 0 Å². The minimum Gasteiger partial charge on any atom is -0.480 e. The van der Waals surface area contributed by atoms with E-state index in [-0.39, 0.29) is 5.25 Å². The van der Waals surface area contributed by atoms with Gasteiger partial charge in [0.25, 0.3) is 0 Å². The van der Waals surface area contributed by atoms with E-state index in [9.17, 15) is 4.79 Å². The van der Waals surface area contributed by atoms with Gasteiger partial charge in [0.2, 0.25) is 0 Å². The van der Waals surface area contributed by atoms with Gasteiger partial charge in [0, 0.05) is 10.8 Å². The standard InChI is InChI=1S/C12H13ClO2S/c13-10-4-2-1-3-9(10)7-16-11(12(14)15)8-5-6-8/h1-4,8,11H,5-7H2,(H,14,15). The Morgan fingerprint density at radius 2 is 2.19 bits per heavy atom. The molecule has 16 heavy (non-hydrogen) atoms. The largest absolute Gasteiger partial charge is 0.480 e. The predicted octanol–water partition coefficient (Wildman–Crippen LogP) is 3.44. The fourth-order valence-electron chi connectivity index (χ4n) is 1.60. The molecule has 1 aliphatic rings. The highest BCUT2D eigenvalue weighted by atomic mass is 35.5. The van der Waals surface area contributed by atoms with Gasteiger partial charge in [-0.05, 0) is 30.4 Å². The van der Waals surface area contributed by atoms with Gasteiger partial charge < -0.3 is 5.11 Å². The molecule has 86 valence electrons. The van der Waals surface area contributed by atoms with Gasteiger partial charge in [-0.15, -0.1) is 11.8 Å². The van der Waals surface area contributed by atoms with Gasteiger partial charge >= 0.3 is 5.97 Å². The summed E-state index contributed by atoms with van der Waals surface area (Å²) >= 11 is 7.51. The first-order valence-corrected chi connectivity index (χ1v) is 6.69. The predicted molar refractivity (Wildman–Crippen MR) is 66.9 cm³/mol. The van der Waals surface area contributed by atoms with Gasteiger partial charge in [-0.25, -0.2) is 0 Å². The number of halogens is 1. The smallest absolute Gasteiger partial charge is 0.316 e.